The summed E-state index contributed by atoms with van der Waals surface area (Å²) in [6.45, 7) is 0. The summed E-state index contributed by atoms with van der Waals surface area (Å²) in [4.78, 5) is 0. The lowest BCUT2D eigenvalue weighted by Crippen LogP contribution is -2.47. The average Bonchev–Trinajstić information content (AvgIpc) is 2.31. The van der Waals surface area contributed by atoms with Gasteiger partial charge in [-0.15, -0.1) is 0 Å². The quantitative estimate of drug-likeness (QED) is 0.904. The third-order valence-electron chi connectivity index (χ3n) is 2.97. The van der Waals surface area contributed by atoms with Gasteiger partial charge in [-0.3, -0.25) is 0 Å². The molecule has 1 fully saturated rings. The first-order valence-electron chi connectivity index (χ1n) is 5.60. The standard InChI is InChI=1S/C12H13BrN2O2S/c13-10-2-4-11(5-3-10)15-12(8-14)6-1-7-18(16,17)9-12/h2-5,15H,1,6-7,9H2. The number of benzene rings is 1. The van der Waals surface area contributed by atoms with Crippen LogP contribution in [0.2, 0.25) is 0 Å². The number of nitriles is 1. The van der Waals surface area contributed by atoms with Gasteiger partial charge in [-0.25, -0.2) is 8.42 Å². The van der Waals surface area contributed by atoms with Crippen molar-refractivity contribution in [3.63, 3.8) is 0 Å². The van der Waals surface area contributed by atoms with Crippen molar-refractivity contribution in [1.82, 2.24) is 0 Å². The molecule has 1 aliphatic rings. The molecule has 0 spiro atoms. The van der Waals surface area contributed by atoms with Crippen LogP contribution in [0.5, 0.6) is 0 Å². The summed E-state index contributed by atoms with van der Waals surface area (Å²) >= 11 is 3.33. The first kappa shape index (κ1) is 13.4. The van der Waals surface area contributed by atoms with E-state index < -0.39 is 15.4 Å². The summed E-state index contributed by atoms with van der Waals surface area (Å²) in [5.74, 6) is 0.0605. The van der Waals surface area contributed by atoms with Gasteiger partial charge in [-0.2, -0.15) is 5.26 Å². The molecule has 1 saturated heterocycles. The van der Waals surface area contributed by atoms with E-state index in [4.69, 9.17) is 0 Å². The molecule has 2 rings (SSSR count). The highest BCUT2D eigenvalue weighted by Gasteiger charge is 2.39. The molecule has 96 valence electrons. The minimum atomic E-state index is -3.12. The summed E-state index contributed by atoms with van der Waals surface area (Å²) in [7, 11) is -3.12. The van der Waals surface area contributed by atoms with Crippen molar-refractivity contribution in [2.24, 2.45) is 0 Å². The number of hydrogen-bond acceptors (Lipinski definition) is 4. The Morgan fingerprint density at radius 3 is 2.56 bits per heavy atom. The van der Waals surface area contributed by atoms with Crippen LogP contribution in [-0.2, 0) is 9.84 Å². The third kappa shape index (κ3) is 3.03. The van der Waals surface area contributed by atoms with E-state index in [2.05, 4.69) is 27.3 Å². The van der Waals surface area contributed by atoms with E-state index in [9.17, 15) is 13.7 Å². The molecule has 1 heterocycles. The van der Waals surface area contributed by atoms with Gasteiger partial charge >= 0.3 is 0 Å². The van der Waals surface area contributed by atoms with Crippen molar-refractivity contribution in [2.45, 2.75) is 18.4 Å². The molecule has 6 heteroatoms. The van der Waals surface area contributed by atoms with Crippen LogP contribution >= 0.6 is 15.9 Å². The van der Waals surface area contributed by atoms with Gasteiger partial charge in [0.2, 0.25) is 0 Å². The highest BCUT2D eigenvalue weighted by molar-refractivity contribution is 9.10. The average molecular weight is 329 g/mol. The maximum Gasteiger partial charge on any atom is 0.153 e. The Morgan fingerprint density at radius 2 is 2.00 bits per heavy atom. The van der Waals surface area contributed by atoms with Gasteiger partial charge in [0.05, 0.1) is 17.6 Å². The number of rotatable bonds is 2. The number of hydrogen-bond donors (Lipinski definition) is 1. The zero-order valence-corrected chi connectivity index (χ0v) is 12.1. The highest BCUT2D eigenvalue weighted by atomic mass is 79.9. The molecular weight excluding hydrogens is 316 g/mol. The van der Waals surface area contributed by atoms with Crippen molar-refractivity contribution in [2.75, 3.05) is 16.8 Å². The number of anilines is 1. The van der Waals surface area contributed by atoms with Crippen LogP contribution in [0.15, 0.2) is 28.7 Å². The lowest BCUT2D eigenvalue weighted by Gasteiger charge is -2.32. The zero-order chi connectivity index (χ0) is 13.2. The van der Waals surface area contributed by atoms with Crippen LogP contribution in [0, 0.1) is 11.3 Å². The molecule has 0 saturated carbocycles. The van der Waals surface area contributed by atoms with Gasteiger partial charge in [0.1, 0.15) is 5.54 Å². The van der Waals surface area contributed by atoms with Gasteiger partial charge in [-0.05, 0) is 37.1 Å². The SMILES string of the molecule is N#CC1(Nc2ccc(Br)cc2)CCCS(=O)(=O)C1. The van der Waals surface area contributed by atoms with E-state index >= 15 is 0 Å². The molecule has 4 nitrogen and oxygen atoms in total. The summed E-state index contributed by atoms with van der Waals surface area (Å²) in [6.07, 6.45) is 1.08. The Morgan fingerprint density at radius 1 is 1.33 bits per heavy atom. The summed E-state index contributed by atoms with van der Waals surface area (Å²) in [5, 5.41) is 12.4. The normalized spacial score (nSPS) is 26.2. The summed E-state index contributed by atoms with van der Waals surface area (Å²) < 4.78 is 24.3. The zero-order valence-electron chi connectivity index (χ0n) is 9.69. The van der Waals surface area contributed by atoms with E-state index in [-0.39, 0.29) is 11.5 Å². The Kier molecular flexibility index (Phi) is 3.64. The fourth-order valence-electron chi connectivity index (χ4n) is 2.14. The minimum absolute atomic E-state index is 0.118. The van der Waals surface area contributed by atoms with E-state index in [1.54, 1.807) is 0 Å². The van der Waals surface area contributed by atoms with Crippen molar-refractivity contribution in [3.05, 3.63) is 28.7 Å². The summed E-state index contributed by atoms with van der Waals surface area (Å²) in [5.41, 5.74) is -0.234. The molecule has 0 aliphatic carbocycles. The van der Waals surface area contributed by atoms with Crippen LogP contribution < -0.4 is 5.32 Å². The predicted octanol–water partition coefficient (Wildman–Crippen LogP) is 2.33. The molecule has 1 aromatic rings. The van der Waals surface area contributed by atoms with Crippen LogP contribution in [-0.4, -0.2) is 25.5 Å². The lowest BCUT2D eigenvalue weighted by molar-refractivity contribution is 0.519. The predicted molar refractivity (Wildman–Crippen MR) is 74.0 cm³/mol. The number of sulfone groups is 1. The Balaban J connectivity index is 2.24. The Hall–Kier alpha value is -1.06. The molecule has 0 bridgehead atoms. The monoisotopic (exact) mass is 328 g/mol. The fourth-order valence-corrected chi connectivity index (χ4v) is 4.16. The van der Waals surface area contributed by atoms with Gasteiger partial charge in [-0.1, -0.05) is 15.9 Å². The second kappa shape index (κ2) is 4.90. The minimum Gasteiger partial charge on any atom is -0.367 e. The number of nitrogens with one attached hydrogen (secondary N) is 1. The fraction of sp³-hybridized carbons (Fsp3) is 0.417. The molecule has 1 aliphatic heterocycles. The van der Waals surface area contributed by atoms with E-state index in [1.807, 2.05) is 24.3 Å². The second-order valence-electron chi connectivity index (χ2n) is 4.52. The van der Waals surface area contributed by atoms with Crippen molar-refractivity contribution in [3.8, 4) is 6.07 Å². The largest absolute Gasteiger partial charge is 0.367 e. The second-order valence-corrected chi connectivity index (χ2v) is 7.62. The molecule has 1 atom stereocenters. The third-order valence-corrected chi connectivity index (χ3v) is 5.34. The van der Waals surface area contributed by atoms with Gasteiger partial charge < -0.3 is 5.32 Å². The van der Waals surface area contributed by atoms with Crippen LogP contribution in [0.3, 0.4) is 0 Å². The number of nitrogens with zero attached hydrogens (tertiary/aromatic N) is 1. The van der Waals surface area contributed by atoms with Crippen LogP contribution in [0.25, 0.3) is 0 Å². The van der Waals surface area contributed by atoms with E-state index in [0.29, 0.717) is 12.8 Å². The molecule has 1 unspecified atom stereocenters. The topological polar surface area (TPSA) is 70.0 Å². The first-order chi connectivity index (χ1) is 8.45. The molecule has 0 amide bonds. The van der Waals surface area contributed by atoms with E-state index in [1.165, 1.54) is 0 Å². The van der Waals surface area contributed by atoms with Gasteiger partial charge in [0.15, 0.2) is 9.84 Å². The maximum absolute atomic E-state index is 11.7. The van der Waals surface area contributed by atoms with Gasteiger partial charge in [0, 0.05) is 10.2 Å². The molecule has 0 aromatic heterocycles. The lowest BCUT2D eigenvalue weighted by atomic mass is 9.97. The molecule has 1 aromatic carbocycles. The van der Waals surface area contributed by atoms with Crippen molar-refractivity contribution >= 4 is 31.5 Å². The smallest absolute Gasteiger partial charge is 0.153 e. The Labute approximate surface area is 115 Å². The van der Waals surface area contributed by atoms with Crippen LogP contribution in [0.1, 0.15) is 12.8 Å². The molecule has 18 heavy (non-hydrogen) atoms. The van der Waals surface area contributed by atoms with Crippen molar-refractivity contribution < 1.29 is 8.42 Å². The van der Waals surface area contributed by atoms with E-state index in [0.717, 1.165) is 10.2 Å². The van der Waals surface area contributed by atoms with Crippen LogP contribution in [0.4, 0.5) is 5.69 Å². The maximum atomic E-state index is 11.7. The Bertz CT molecular complexity index is 577. The van der Waals surface area contributed by atoms with Gasteiger partial charge in [0.25, 0.3) is 0 Å². The molecule has 1 N–H and O–H groups in total. The highest BCUT2D eigenvalue weighted by Crippen LogP contribution is 2.27. The van der Waals surface area contributed by atoms with Crippen molar-refractivity contribution in [1.29, 1.82) is 5.26 Å². The number of halogens is 1. The molecular formula is C12H13BrN2O2S. The summed E-state index contributed by atoms with van der Waals surface area (Å²) in [6, 6.07) is 9.49. The first-order valence-corrected chi connectivity index (χ1v) is 8.22. The molecule has 0 radical (unpaired) electrons.